The van der Waals surface area contributed by atoms with E-state index in [0.29, 0.717) is 22.3 Å². The molecule has 5 aliphatic rings. The van der Waals surface area contributed by atoms with Crippen molar-refractivity contribution in [1.82, 2.24) is 0 Å². The second-order valence-electron chi connectivity index (χ2n) is 13.1. The lowest BCUT2D eigenvalue weighted by atomic mass is 9.45. The van der Waals surface area contributed by atoms with Gasteiger partial charge in [0.15, 0.2) is 5.12 Å². The molecule has 5 saturated carbocycles. The van der Waals surface area contributed by atoms with Crippen molar-refractivity contribution >= 4 is 16.9 Å². The zero-order valence-corrected chi connectivity index (χ0v) is 22.3. The molecule has 1 unspecified atom stereocenters. The van der Waals surface area contributed by atoms with E-state index in [-0.39, 0.29) is 5.12 Å². The molecule has 0 N–H and O–H groups in total. The lowest BCUT2D eigenvalue weighted by molar-refractivity contribution is -0.161. The van der Waals surface area contributed by atoms with Crippen LogP contribution in [-0.4, -0.2) is 24.1 Å². The lowest BCUT2D eigenvalue weighted by Crippen LogP contribution is -2.57. The van der Waals surface area contributed by atoms with Crippen molar-refractivity contribution in [3.8, 4) is 0 Å². The van der Waals surface area contributed by atoms with Crippen molar-refractivity contribution in [1.29, 1.82) is 0 Å². The van der Waals surface area contributed by atoms with E-state index in [1.54, 1.807) is 6.92 Å². The number of fused-ring (bicyclic) bond motifs is 4. The number of methoxy groups -OCH3 is 1. The van der Waals surface area contributed by atoms with Gasteiger partial charge < -0.3 is 4.74 Å². The molecule has 0 aliphatic heterocycles. The second-order valence-corrected chi connectivity index (χ2v) is 14.4. The Bertz CT molecular complexity index is 722. The van der Waals surface area contributed by atoms with Crippen LogP contribution in [0.4, 0.5) is 0 Å². The van der Waals surface area contributed by atoms with Crippen molar-refractivity contribution in [2.75, 3.05) is 12.9 Å². The maximum Gasteiger partial charge on any atom is 0.185 e. The number of thioether (sulfide) groups is 1. The van der Waals surface area contributed by atoms with Crippen LogP contribution in [0.1, 0.15) is 105 Å². The predicted molar refractivity (Wildman–Crippen MR) is 135 cm³/mol. The molecule has 10 atom stereocenters. The molecule has 32 heavy (non-hydrogen) atoms. The van der Waals surface area contributed by atoms with Gasteiger partial charge >= 0.3 is 0 Å². The fourth-order valence-electron chi connectivity index (χ4n) is 10.7. The summed E-state index contributed by atoms with van der Waals surface area (Å²) in [6, 6.07) is 0. The molecule has 5 aliphatic carbocycles. The number of carbonyl (C=O) groups excluding carboxylic acids is 1. The Balaban J connectivity index is 1.23. The van der Waals surface area contributed by atoms with E-state index in [1.807, 2.05) is 7.11 Å². The van der Waals surface area contributed by atoms with E-state index in [2.05, 4.69) is 20.8 Å². The van der Waals surface area contributed by atoms with Crippen LogP contribution >= 0.6 is 11.8 Å². The van der Waals surface area contributed by atoms with Crippen LogP contribution in [0.15, 0.2) is 0 Å². The minimum Gasteiger partial charge on any atom is -0.381 e. The van der Waals surface area contributed by atoms with E-state index in [1.165, 1.54) is 88.8 Å². The minimum atomic E-state index is 0.270. The van der Waals surface area contributed by atoms with Crippen LogP contribution in [0, 0.1) is 51.8 Å². The Morgan fingerprint density at radius 3 is 2.59 bits per heavy atom. The van der Waals surface area contributed by atoms with Gasteiger partial charge in [-0.3, -0.25) is 4.79 Å². The first-order chi connectivity index (χ1) is 15.3. The van der Waals surface area contributed by atoms with Crippen LogP contribution in [0.25, 0.3) is 0 Å². The molecule has 0 radical (unpaired) electrons. The van der Waals surface area contributed by atoms with Gasteiger partial charge in [0.05, 0.1) is 6.10 Å². The SMILES string of the molecule is COC1C[C@H]2[C@@H]3CC[C@H]([C@H](C)CCCCCSC(C)=O)[C@@]3(C)CC[C@@H]2[C@@]2(C)CC[C@@H]3C[C@@]132. The fourth-order valence-corrected chi connectivity index (χ4v) is 11.4. The summed E-state index contributed by atoms with van der Waals surface area (Å²) in [4.78, 5) is 11.1. The third-order valence-electron chi connectivity index (χ3n) is 12.2. The van der Waals surface area contributed by atoms with E-state index in [4.69, 9.17) is 4.74 Å². The molecule has 3 heteroatoms. The van der Waals surface area contributed by atoms with Gasteiger partial charge in [0.2, 0.25) is 0 Å². The number of ether oxygens (including phenoxy) is 1. The third kappa shape index (κ3) is 3.41. The molecule has 0 aromatic carbocycles. The minimum absolute atomic E-state index is 0.270. The molecule has 5 rings (SSSR count). The van der Waals surface area contributed by atoms with Crippen molar-refractivity contribution in [2.45, 2.75) is 111 Å². The second kappa shape index (κ2) is 8.58. The predicted octanol–water partition coefficient (Wildman–Crippen LogP) is 7.75. The van der Waals surface area contributed by atoms with Crippen molar-refractivity contribution in [2.24, 2.45) is 51.8 Å². The van der Waals surface area contributed by atoms with Gasteiger partial charge in [-0.2, -0.15) is 0 Å². The van der Waals surface area contributed by atoms with Crippen LogP contribution in [0.5, 0.6) is 0 Å². The number of hydrogen-bond donors (Lipinski definition) is 0. The van der Waals surface area contributed by atoms with E-state index in [9.17, 15) is 4.79 Å². The molecule has 5 fully saturated rings. The summed E-state index contributed by atoms with van der Waals surface area (Å²) >= 11 is 1.50. The molecular formula is C29H48O2S. The number of unbranched alkanes of at least 4 members (excludes halogenated alkanes) is 2. The van der Waals surface area contributed by atoms with Crippen LogP contribution in [0.3, 0.4) is 0 Å². The molecule has 0 aromatic heterocycles. The Kier molecular flexibility index (Phi) is 6.35. The van der Waals surface area contributed by atoms with Gasteiger partial charge in [0.1, 0.15) is 0 Å². The maximum absolute atomic E-state index is 11.1. The average molecular weight is 461 g/mol. The summed E-state index contributed by atoms with van der Waals surface area (Å²) in [5, 5.41) is 0.270. The summed E-state index contributed by atoms with van der Waals surface area (Å²) in [5.74, 6) is 6.58. The molecule has 0 heterocycles. The van der Waals surface area contributed by atoms with Crippen LogP contribution in [-0.2, 0) is 9.53 Å². The highest BCUT2D eigenvalue weighted by atomic mass is 32.2. The largest absolute Gasteiger partial charge is 0.381 e. The van der Waals surface area contributed by atoms with Gasteiger partial charge in [0, 0.05) is 25.2 Å². The molecule has 1 spiro atoms. The van der Waals surface area contributed by atoms with Crippen LogP contribution < -0.4 is 0 Å². The first-order valence-electron chi connectivity index (χ1n) is 13.9. The zero-order valence-electron chi connectivity index (χ0n) is 21.5. The third-order valence-corrected chi connectivity index (χ3v) is 13.1. The molecule has 0 bridgehead atoms. The Morgan fingerprint density at radius 1 is 1.06 bits per heavy atom. The monoisotopic (exact) mass is 460 g/mol. The smallest absolute Gasteiger partial charge is 0.185 e. The lowest BCUT2D eigenvalue weighted by Gasteiger charge is -2.61. The van der Waals surface area contributed by atoms with Crippen molar-refractivity contribution in [3.63, 3.8) is 0 Å². The topological polar surface area (TPSA) is 26.3 Å². The van der Waals surface area contributed by atoms with Gasteiger partial charge in [-0.25, -0.2) is 0 Å². The van der Waals surface area contributed by atoms with Gasteiger partial charge in [0.25, 0.3) is 0 Å². The van der Waals surface area contributed by atoms with Crippen LogP contribution in [0.2, 0.25) is 0 Å². The summed E-state index contributed by atoms with van der Waals surface area (Å²) in [6.45, 7) is 9.66. The van der Waals surface area contributed by atoms with E-state index in [0.717, 1.165) is 41.3 Å². The van der Waals surface area contributed by atoms with Crippen molar-refractivity contribution in [3.05, 3.63) is 0 Å². The number of rotatable bonds is 8. The van der Waals surface area contributed by atoms with Gasteiger partial charge in [-0.05, 0) is 104 Å². The highest BCUT2D eigenvalue weighted by molar-refractivity contribution is 8.13. The van der Waals surface area contributed by atoms with Crippen molar-refractivity contribution < 1.29 is 9.53 Å². The van der Waals surface area contributed by atoms with Gasteiger partial charge in [-0.1, -0.05) is 51.8 Å². The number of hydrogen-bond acceptors (Lipinski definition) is 3. The maximum atomic E-state index is 11.1. The molecule has 0 aromatic rings. The van der Waals surface area contributed by atoms with E-state index >= 15 is 0 Å². The zero-order chi connectivity index (χ0) is 22.7. The molecule has 0 saturated heterocycles. The Hall–Kier alpha value is -0.0200. The fraction of sp³-hybridized carbons (Fsp3) is 0.966. The highest BCUT2D eigenvalue weighted by Gasteiger charge is 2.77. The molecule has 2 nitrogen and oxygen atoms in total. The normalized spacial score (nSPS) is 49.7. The quantitative estimate of drug-likeness (QED) is 0.346. The summed E-state index contributed by atoms with van der Waals surface area (Å²) < 4.78 is 6.30. The first kappa shape index (κ1) is 23.7. The molecule has 182 valence electrons. The summed E-state index contributed by atoms with van der Waals surface area (Å²) in [7, 11) is 2.02. The summed E-state index contributed by atoms with van der Waals surface area (Å²) in [6.07, 6.45) is 17.5. The van der Waals surface area contributed by atoms with Gasteiger partial charge in [-0.15, -0.1) is 0 Å². The Morgan fingerprint density at radius 2 is 1.88 bits per heavy atom. The number of carbonyl (C=O) groups is 1. The Labute approximate surface area is 201 Å². The summed E-state index contributed by atoms with van der Waals surface area (Å²) in [5.41, 5.74) is 1.68. The molecule has 0 amide bonds. The van der Waals surface area contributed by atoms with E-state index < -0.39 is 0 Å². The highest BCUT2D eigenvalue weighted by Crippen LogP contribution is 2.82. The molecular weight excluding hydrogens is 412 g/mol. The first-order valence-corrected chi connectivity index (χ1v) is 14.9. The standard InChI is InChI=1S/C29H48O2S/c1-19(9-7-6-8-16-32-20(2)30)23-10-11-24-22-17-26(31-5)29-18-21(29)12-15-28(29,4)25(22)13-14-27(23,24)3/h19,21-26H,6-18H2,1-5H3/t19-,21-,22+,23-,24+,25+,26?,27-,28-,29+/m1/s1. The average Bonchev–Trinajstić information content (AvgIpc) is 3.26.